The molecule has 5 nitrogen and oxygen atoms in total. The van der Waals surface area contributed by atoms with Crippen LogP contribution in [-0.4, -0.2) is 47.0 Å². The molecule has 8 heteroatoms. The number of carbonyl (C=O) groups excluding carboxylic acids is 1. The van der Waals surface area contributed by atoms with Crippen molar-refractivity contribution in [3.8, 4) is 0 Å². The van der Waals surface area contributed by atoms with Crippen molar-refractivity contribution in [3.63, 3.8) is 0 Å². The Hall–Kier alpha value is -1.86. The smallest absolute Gasteiger partial charge is 0.339 e. The van der Waals surface area contributed by atoms with Crippen LogP contribution >= 0.6 is 0 Å². The highest BCUT2D eigenvalue weighted by atomic mass is 19.4. The van der Waals surface area contributed by atoms with Gasteiger partial charge in [-0.1, -0.05) is 0 Å². The summed E-state index contributed by atoms with van der Waals surface area (Å²) in [5, 5.41) is 0. The third-order valence-corrected chi connectivity index (χ3v) is 3.24. The Morgan fingerprint density at radius 1 is 1.25 bits per heavy atom. The van der Waals surface area contributed by atoms with Gasteiger partial charge in [0.05, 0.1) is 0 Å². The SMILES string of the molecule is CC(=O)N1CCN(c2ncc(C)c(C(F)(F)F)n2)CC1. The molecular formula is C12H15F3N4O. The fourth-order valence-corrected chi connectivity index (χ4v) is 2.09. The van der Waals surface area contributed by atoms with Gasteiger partial charge in [-0.15, -0.1) is 0 Å². The number of hydrogen-bond donors (Lipinski definition) is 0. The number of alkyl halides is 3. The van der Waals surface area contributed by atoms with Gasteiger partial charge in [0.1, 0.15) is 0 Å². The molecule has 2 rings (SSSR count). The molecule has 110 valence electrons. The van der Waals surface area contributed by atoms with Crippen LogP contribution in [0.5, 0.6) is 0 Å². The molecule has 0 aromatic carbocycles. The summed E-state index contributed by atoms with van der Waals surface area (Å²) >= 11 is 0. The first-order valence-corrected chi connectivity index (χ1v) is 6.20. The van der Waals surface area contributed by atoms with Crippen LogP contribution in [0.25, 0.3) is 0 Å². The number of anilines is 1. The minimum absolute atomic E-state index is 0.00335. The minimum Gasteiger partial charge on any atom is -0.339 e. The van der Waals surface area contributed by atoms with Crippen molar-refractivity contribution in [1.82, 2.24) is 14.9 Å². The van der Waals surface area contributed by atoms with Crippen LogP contribution in [0.4, 0.5) is 19.1 Å². The van der Waals surface area contributed by atoms with Crippen molar-refractivity contribution in [3.05, 3.63) is 17.5 Å². The van der Waals surface area contributed by atoms with Crippen LogP contribution in [-0.2, 0) is 11.0 Å². The zero-order valence-electron chi connectivity index (χ0n) is 11.2. The number of piperazine rings is 1. The van der Waals surface area contributed by atoms with E-state index in [1.807, 2.05) is 0 Å². The van der Waals surface area contributed by atoms with Crippen LogP contribution in [0.2, 0.25) is 0 Å². The summed E-state index contributed by atoms with van der Waals surface area (Å²) in [6.45, 7) is 4.60. The highest BCUT2D eigenvalue weighted by Crippen LogP contribution is 2.30. The molecule has 0 unspecified atom stereocenters. The van der Waals surface area contributed by atoms with E-state index in [0.717, 1.165) is 0 Å². The lowest BCUT2D eigenvalue weighted by atomic mass is 10.2. The topological polar surface area (TPSA) is 49.3 Å². The summed E-state index contributed by atoms with van der Waals surface area (Å²) in [4.78, 5) is 22.1. The van der Waals surface area contributed by atoms with Gasteiger partial charge < -0.3 is 9.80 Å². The lowest BCUT2D eigenvalue weighted by molar-refractivity contribution is -0.141. The highest BCUT2D eigenvalue weighted by Gasteiger charge is 2.35. The summed E-state index contributed by atoms with van der Waals surface area (Å²) < 4.78 is 38.4. The predicted octanol–water partition coefficient (Wildman–Crippen LogP) is 1.47. The van der Waals surface area contributed by atoms with Crippen LogP contribution < -0.4 is 4.90 Å². The van der Waals surface area contributed by atoms with Crippen LogP contribution in [0.3, 0.4) is 0 Å². The lowest BCUT2D eigenvalue weighted by Crippen LogP contribution is -2.48. The zero-order chi connectivity index (χ0) is 14.9. The molecule has 0 atom stereocenters. The monoisotopic (exact) mass is 288 g/mol. The third-order valence-electron chi connectivity index (χ3n) is 3.24. The predicted molar refractivity (Wildman–Crippen MR) is 66.2 cm³/mol. The van der Waals surface area contributed by atoms with Crippen molar-refractivity contribution >= 4 is 11.9 Å². The Labute approximate surface area is 114 Å². The van der Waals surface area contributed by atoms with Gasteiger partial charge in [0.15, 0.2) is 5.69 Å². The van der Waals surface area contributed by atoms with Gasteiger partial charge in [-0.25, -0.2) is 9.97 Å². The Kier molecular flexibility index (Phi) is 3.82. The molecule has 1 aliphatic rings. The number of amides is 1. The number of aromatic nitrogens is 2. The molecule has 1 aromatic rings. The average molecular weight is 288 g/mol. The Bertz CT molecular complexity index is 510. The number of rotatable bonds is 1. The van der Waals surface area contributed by atoms with Gasteiger partial charge >= 0.3 is 6.18 Å². The lowest BCUT2D eigenvalue weighted by Gasteiger charge is -2.34. The second-order valence-electron chi connectivity index (χ2n) is 4.69. The first-order chi connectivity index (χ1) is 9.29. The van der Waals surface area contributed by atoms with E-state index in [-0.39, 0.29) is 17.4 Å². The Morgan fingerprint density at radius 3 is 2.35 bits per heavy atom. The van der Waals surface area contributed by atoms with Crippen molar-refractivity contribution in [1.29, 1.82) is 0 Å². The normalized spacial score (nSPS) is 16.4. The first-order valence-electron chi connectivity index (χ1n) is 6.20. The van der Waals surface area contributed by atoms with E-state index >= 15 is 0 Å². The van der Waals surface area contributed by atoms with E-state index < -0.39 is 11.9 Å². The summed E-state index contributed by atoms with van der Waals surface area (Å²) in [6, 6.07) is 0. The molecule has 0 bridgehead atoms. The minimum atomic E-state index is -4.48. The molecule has 2 heterocycles. The van der Waals surface area contributed by atoms with E-state index in [1.165, 1.54) is 20.0 Å². The second kappa shape index (κ2) is 5.26. The van der Waals surface area contributed by atoms with E-state index in [4.69, 9.17) is 0 Å². The molecule has 1 amide bonds. The quantitative estimate of drug-likeness (QED) is 0.785. The van der Waals surface area contributed by atoms with Gasteiger partial charge in [0, 0.05) is 39.3 Å². The van der Waals surface area contributed by atoms with Crippen LogP contribution in [0.1, 0.15) is 18.2 Å². The summed E-state index contributed by atoms with van der Waals surface area (Å²) in [7, 11) is 0. The Balaban J connectivity index is 2.17. The largest absolute Gasteiger partial charge is 0.433 e. The van der Waals surface area contributed by atoms with Gasteiger partial charge in [0.25, 0.3) is 0 Å². The van der Waals surface area contributed by atoms with Crippen molar-refractivity contribution in [2.24, 2.45) is 0 Å². The van der Waals surface area contributed by atoms with Crippen LogP contribution in [0, 0.1) is 6.92 Å². The number of hydrogen-bond acceptors (Lipinski definition) is 4. The molecule has 1 fully saturated rings. The van der Waals surface area contributed by atoms with Gasteiger partial charge in [-0.05, 0) is 12.5 Å². The molecule has 0 N–H and O–H groups in total. The fraction of sp³-hybridized carbons (Fsp3) is 0.583. The summed E-state index contributed by atoms with van der Waals surface area (Å²) in [5.74, 6) is 0.0246. The number of nitrogens with zero attached hydrogens (tertiary/aromatic N) is 4. The maximum Gasteiger partial charge on any atom is 0.433 e. The van der Waals surface area contributed by atoms with E-state index in [1.54, 1.807) is 9.80 Å². The molecule has 1 aromatic heterocycles. The number of aryl methyl sites for hydroxylation is 1. The number of carbonyl (C=O) groups is 1. The van der Waals surface area contributed by atoms with Gasteiger partial charge in [-0.2, -0.15) is 13.2 Å². The van der Waals surface area contributed by atoms with Crippen molar-refractivity contribution in [2.45, 2.75) is 20.0 Å². The molecule has 1 aliphatic heterocycles. The molecule has 0 spiro atoms. The summed E-state index contributed by atoms with van der Waals surface area (Å²) in [5.41, 5.74) is -0.903. The molecule has 0 saturated carbocycles. The third kappa shape index (κ3) is 3.00. The second-order valence-corrected chi connectivity index (χ2v) is 4.69. The van der Waals surface area contributed by atoms with E-state index in [2.05, 4.69) is 9.97 Å². The number of halogens is 3. The molecular weight excluding hydrogens is 273 g/mol. The fourth-order valence-electron chi connectivity index (χ4n) is 2.09. The standard InChI is InChI=1S/C12H15F3N4O/c1-8-7-16-11(17-10(8)12(13,14)15)19-5-3-18(4-6-19)9(2)20/h7H,3-6H2,1-2H3. The average Bonchev–Trinajstić information content (AvgIpc) is 2.38. The summed E-state index contributed by atoms with van der Waals surface area (Å²) in [6.07, 6.45) is -3.30. The molecule has 1 saturated heterocycles. The maximum atomic E-state index is 12.8. The Morgan fingerprint density at radius 2 is 1.85 bits per heavy atom. The molecule has 20 heavy (non-hydrogen) atoms. The van der Waals surface area contributed by atoms with Crippen LogP contribution in [0.15, 0.2) is 6.20 Å². The zero-order valence-corrected chi connectivity index (χ0v) is 11.2. The van der Waals surface area contributed by atoms with Gasteiger partial charge in [-0.3, -0.25) is 4.79 Å². The van der Waals surface area contributed by atoms with Crippen molar-refractivity contribution < 1.29 is 18.0 Å². The van der Waals surface area contributed by atoms with Gasteiger partial charge in [0.2, 0.25) is 11.9 Å². The highest BCUT2D eigenvalue weighted by molar-refractivity contribution is 5.73. The van der Waals surface area contributed by atoms with E-state index in [0.29, 0.717) is 26.2 Å². The van der Waals surface area contributed by atoms with Crippen molar-refractivity contribution in [2.75, 3.05) is 31.1 Å². The molecule has 0 aliphatic carbocycles. The van der Waals surface area contributed by atoms with E-state index in [9.17, 15) is 18.0 Å². The first kappa shape index (κ1) is 14.5. The maximum absolute atomic E-state index is 12.8. The molecule has 0 radical (unpaired) electrons.